The van der Waals surface area contributed by atoms with E-state index >= 15 is 0 Å². The minimum atomic E-state index is -4.54. The highest BCUT2D eigenvalue weighted by Gasteiger charge is 2.33. The number of hydrogen-bond acceptors (Lipinski definition) is 2. The van der Waals surface area contributed by atoms with Gasteiger partial charge in [-0.05, 0) is 29.8 Å². The molecule has 0 radical (unpaired) electrons. The Kier molecular flexibility index (Phi) is 4.20. The zero-order valence-corrected chi connectivity index (χ0v) is 13.7. The number of hydrogen-bond donors (Lipinski definition) is 1. The molecule has 1 aromatic carbocycles. The van der Waals surface area contributed by atoms with Crippen LogP contribution in [-0.4, -0.2) is 20.6 Å². The lowest BCUT2D eigenvalue weighted by molar-refractivity contribution is -0.137. The fourth-order valence-electron chi connectivity index (χ4n) is 2.78. The van der Waals surface area contributed by atoms with Crippen molar-refractivity contribution >= 4 is 28.6 Å². The summed E-state index contributed by atoms with van der Waals surface area (Å²) in [6.45, 7) is 0. The van der Waals surface area contributed by atoms with Gasteiger partial charge in [0.15, 0.2) is 0 Å². The Hall–Kier alpha value is -2.54. The van der Waals surface area contributed by atoms with Gasteiger partial charge in [-0.15, -0.1) is 0 Å². The summed E-state index contributed by atoms with van der Waals surface area (Å²) in [6, 6.07) is 6.79. The third kappa shape index (κ3) is 3.19. The van der Waals surface area contributed by atoms with E-state index in [-0.39, 0.29) is 17.0 Å². The Morgan fingerprint density at radius 3 is 2.64 bits per heavy atom. The molecule has 0 amide bonds. The number of benzene rings is 1. The molecule has 0 spiro atoms. The second-order valence-corrected chi connectivity index (χ2v) is 5.99. The Labute approximate surface area is 145 Å². The van der Waals surface area contributed by atoms with Crippen molar-refractivity contribution in [3.63, 3.8) is 0 Å². The molecule has 25 heavy (non-hydrogen) atoms. The number of nitrogens with zero attached hydrogens (tertiary/aromatic N) is 2. The van der Waals surface area contributed by atoms with Crippen molar-refractivity contribution in [1.82, 2.24) is 9.55 Å². The van der Waals surface area contributed by atoms with E-state index in [1.165, 1.54) is 24.4 Å². The molecule has 1 N–H and O–H groups in total. The maximum Gasteiger partial charge on any atom is 0.417 e. The summed E-state index contributed by atoms with van der Waals surface area (Å²) in [5, 5.41) is 8.92. The van der Waals surface area contributed by atoms with Gasteiger partial charge in [0.2, 0.25) is 0 Å². The quantitative estimate of drug-likeness (QED) is 0.738. The number of carboxylic acid groups (broad SMARTS) is 1. The molecule has 0 fully saturated rings. The molecule has 0 saturated heterocycles. The topological polar surface area (TPSA) is 55.1 Å². The number of alkyl halides is 3. The van der Waals surface area contributed by atoms with E-state index in [0.717, 1.165) is 6.07 Å². The molecule has 3 aromatic rings. The summed E-state index contributed by atoms with van der Waals surface area (Å²) in [6.07, 6.45) is -2.96. The third-order valence-electron chi connectivity index (χ3n) is 3.97. The molecule has 0 aliphatic carbocycles. The van der Waals surface area contributed by atoms with Gasteiger partial charge in [-0.3, -0.25) is 4.98 Å². The van der Waals surface area contributed by atoms with E-state index in [2.05, 4.69) is 4.98 Å². The number of aromatic carboxylic acids is 1. The zero-order chi connectivity index (χ0) is 18.4. The first-order valence-corrected chi connectivity index (χ1v) is 7.58. The Morgan fingerprint density at radius 1 is 1.28 bits per heavy atom. The summed E-state index contributed by atoms with van der Waals surface area (Å²) in [5.74, 6) is -1.09. The molecule has 0 unspecified atom stereocenters. The van der Waals surface area contributed by atoms with Crippen LogP contribution in [0, 0.1) is 0 Å². The molecule has 0 aliphatic rings. The Morgan fingerprint density at radius 2 is 2.00 bits per heavy atom. The van der Waals surface area contributed by atoms with Gasteiger partial charge in [-0.25, -0.2) is 4.79 Å². The highest BCUT2D eigenvalue weighted by molar-refractivity contribution is 6.31. The number of carbonyl (C=O) groups is 1. The van der Waals surface area contributed by atoms with E-state index in [9.17, 15) is 23.1 Å². The fourth-order valence-corrected chi connectivity index (χ4v) is 3.00. The number of aromatic nitrogens is 2. The molecule has 0 aliphatic heterocycles. The minimum absolute atomic E-state index is 0.0887. The van der Waals surface area contributed by atoms with Gasteiger partial charge in [0, 0.05) is 25.4 Å². The van der Waals surface area contributed by atoms with Gasteiger partial charge in [0.05, 0.1) is 27.2 Å². The average Bonchev–Trinajstić information content (AvgIpc) is 2.84. The first-order chi connectivity index (χ1) is 11.7. The van der Waals surface area contributed by atoms with Crippen LogP contribution >= 0.6 is 11.6 Å². The summed E-state index contributed by atoms with van der Waals surface area (Å²) in [5.41, 5.74) is 1.16. The molecule has 3 rings (SSSR count). The molecular weight excluding hydrogens is 357 g/mol. The normalized spacial score (nSPS) is 11.9. The zero-order valence-electron chi connectivity index (χ0n) is 12.9. The van der Waals surface area contributed by atoms with Crippen LogP contribution in [0.4, 0.5) is 13.2 Å². The van der Waals surface area contributed by atoms with Crippen molar-refractivity contribution in [3.8, 4) is 0 Å². The molecule has 2 aromatic heterocycles. The van der Waals surface area contributed by atoms with E-state index in [1.54, 1.807) is 17.7 Å². The van der Waals surface area contributed by atoms with Gasteiger partial charge in [0.1, 0.15) is 0 Å². The number of fused-ring (bicyclic) bond motifs is 1. The van der Waals surface area contributed by atoms with Crippen molar-refractivity contribution < 1.29 is 23.1 Å². The highest BCUT2D eigenvalue weighted by Crippen LogP contribution is 2.35. The van der Waals surface area contributed by atoms with Crippen LogP contribution in [0.15, 0.2) is 36.5 Å². The second kappa shape index (κ2) is 6.07. The number of rotatable bonds is 3. The number of pyridine rings is 1. The van der Waals surface area contributed by atoms with Crippen LogP contribution in [-0.2, 0) is 19.6 Å². The molecule has 0 atom stereocenters. The Bertz CT molecular complexity index is 980. The summed E-state index contributed by atoms with van der Waals surface area (Å²) in [7, 11) is 1.66. The van der Waals surface area contributed by atoms with E-state index in [0.29, 0.717) is 22.3 Å². The van der Waals surface area contributed by atoms with Crippen LogP contribution in [0.2, 0.25) is 5.02 Å². The van der Waals surface area contributed by atoms with Crippen LogP contribution in [0.3, 0.4) is 0 Å². The lowest BCUT2D eigenvalue weighted by Crippen LogP contribution is -2.07. The predicted octanol–water partition coefficient (Wildman–Crippen LogP) is 4.53. The van der Waals surface area contributed by atoms with Crippen molar-refractivity contribution in [3.05, 3.63) is 63.9 Å². The number of halogens is 4. The van der Waals surface area contributed by atoms with Gasteiger partial charge < -0.3 is 9.67 Å². The SMILES string of the molecule is Cn1c(Cc2ccc(Cl)c(C(F)(F)F)c2)cc2nccc(C(=O)O)c21. The van der Waals surface area contributed by atoms with Gasteiger partial charge in [-0.1, -0.05) is 17.7 Å². The maximum atomic E-state index is 13.0. The number of carboxylic acids is 1. The van der Waals surface area contributed by atoms with E-state index in [4.69, 9.17) is 11.6 Å². The van der Waals surface area contributed by atoms with Crippen LogP contribution in [0.5, 0.6) is 0 Å². The first-order valence-electron chi connectivity index (χ1n) is 7.20. The monoisotopic (exact) mass is 368 g/mol. The second-order valence-electron chi connectivity index (χ2n) is 5.58. The van der Waals surface area contributed by atoms with E-state index < -0.39 is 17.7 Å². The minimum Gasteiger partial charge on any atom is -0.478 e. The van der Waals surface area contributed by atoms with Gasteiger partial charge in [-0.2, -0.15) is 13.2 Å². The molecule has 0 bridgehead atoms. The van der Waals surface area contributed by atoms with Crippen molar-refractivity contribution in [1.29, 1.82) is 0 Å². The maximum absolute atomic E-state index is 13.0. The third-order valence-corrected chi connectivity index (χ3v) is 4.30. The molecule has 2 heterocycles. The van der Waals surface area contributed by atoms with Crippen LogP contribution in [0.1, 0.15) is 27.2 Å². The standard InChI is InChI=1S/C17H12ClF3N2O2/c1-23-10(8-14-15(23)11(16(24)25)4-5-22-14)6-9-2-3-13(18)12(7-9)17(19,20)21/h2-5,7-8H,6H2,1H3,(H,24,25). The van der Waals surface area contributed by atoms with Crippen LogP contribution < -0.4 is 0 Å². The predicted molar refractivity (Wildman–Crippen MR) is 86.9 cm³/mol. The van der Waals surface area contributed by atoms with Crippen LogP contribution in [0.25, 0.3) is 11.0 Å². The highest BCUT2D eigenvalue weighted by atomic mass is 35.5. The molecule has 8 heteroatoms. The van der Waals surface area contributed by atoms with Gasteiger partial charge in [0.25, 0.3) is 0 Å². The molecule has 130 valence electrons. The van der Waals surface area contributed by atoms with Crippen molar-refractivity contribution in [2.75, 3.05) is 0 Å². The first kappa shape index (κ1) is 17.3. The average molecular weight is 369 g/mol. The van der Waals surface area contributed by atoms with E-state index in [1.807, 2.05) is 0 Å². The number of aryl methyl sites for hydroxylation is 1. The summed E-state index contributed by atoms with van der Waals surface area (Å²) in [4.78, 5) is 15.5. The van der Waals surface area contributed by atoms with Crippen molar-refractivity contribution in [2.24, 2.45) is 7.05 Å². The largest absolute Gasteiger partial charge is 0.478 e. The molecule has 4 nitrogen and oxygen atoms in total. The van der Waals surface area contributed by atoms with Crippen molar-refractivity contribution in [2.45, 2.75) is 12.6 Å². The molecule has 0 saturated carbocycles. The smallest absolute Gasteiger partial charge is 0.417 e. The lowest BCUT2D eigenvalue weighted by atomic mass is 10.1. The molecular formula is C17H12ClF3N2O2. The lowest BCUT2D eigenvalue weighted by Gasteiger charge is -2.11. The summed E-state index contributed by atoms with van der Waals surface area (Å²) < 4.78 is 40.6. The van der Waals surface area contributed by atoms with Gasteiger partial charge >= 0.3 is 12.1 Å². The fraction of sp³-hybridized carbons (Fsp3) is 0.176. The summed E-state index contributed by atoms with van der Waals surface area (Å²) >= 11 is 5.63. The Balaban J connectivity index is 2.06.